The summed E-state index contributed by atoms with van der Waals surface area (Å²) in [5, 5.41) is 10.9. The molecule has 0 aliphatic rings. The first kappa shape index (κ1) is 13.0. The van der Waals surface area contributed by atoms with Crippen molar-refractivity contribution in [1.29, 1.82) is 0 Å². The van der Waals surface area contributed by atoms with Crippen LogP contribution in [0.2, 0.25) is 5.02 Å². The molecule has 0 aliphatic carbocycles. The SMILES string of the molecule is CSCCC(=O)c1c(Cl)cccc1[N+](=O)[O-]. The molecule has 86 valence electrons. The fraction of sp³-hybridized carbons (Fsp3) is 0.300. The Bertz CT molecular complexity index is 423. The highest BCUT2D eigenvalue weighted by Gasteiger charge is 2.22. The van der Waals surface area contributed by atoms with Crippen molar-refractivity contribution >= 4 is 34.8 Å². The van der Waals surface area contributed by atoms with E-state index in [1.807, 2.05) is 6.26 Å². The van der Waals surface area contributed by atoms with Crippen LogP contribution >= 0.6 is 23.4 Å². The smallest absolute Gasteiger partial charge is 0.281 e. The molecular weight excluding hydrogens is 250 g/mol. The predicted octanol–water partition coefficient (Wildman–Crippen LogP) is 3.18. The van der Waals surface area contributed by atoms with Crippen molar-refractivity contribution in [1.82, 2.24) is 0 Å². The molecule has 0 saturated carbocycles. The number of nitro benzene ring substituents is 1. The number of ketones is 1. The Morgan fingerprint density at radius 1 is 1.56 bits per heavy atom. The Morgan fingerprint density at radius 2 is 2.25 bits per heavy atom. The Balaban J connectivity index is 3.10. The Labute approximate surface area is 102 Å². The zero-order valence-corrected chi connectivity index (χ0v) is 10.2. The topological polar surface area (TPSA) is 60.2 Å². The maximum absolute atomic E-state index is 11.7. The first-order valence-electron chi connectivity index (χ1n) is 4.53. The molecule has 1 rings (SSSR count). The second kappa shape index (κ2) is 5.86. The molecular formula is C10H10ClNO3S. The lowest BCUT2D eigenvalue weighted by Gasteiger charge is -2.03. The summed E-state index contributed by atoms with van der Waals surface area (Å²) in [4.78, 5) is 21.9. The number of benzene rings is 1. The van der Waals surface area contributed by atoms with Crippen LogP contribution in [-0.2, 0) is 0 Å². The second-order valence-corrected chi connectivity index (χ2v) is 4.45. The monoisotopic (exact) mass is 259 g/mol. The van der Waals surface area contributed by atoms with Crippen molar-refractivity contribution in [3.63, 3.8) is 0 Å². The number of Topliss-reactive ketones (excluding diaryl/α,β-unsaturated/α-hetero) is 1. The van der Waals surface area contributed by atoms with E-state index in [2.05, 4.69) is 0 Å². The molecule has 0 radical (unpaired) electrons. The molecule has 0 saturated heterocycles. The van der Waals surface area contributed by atoms with Gasteiger partial charge in [0.25, 0.3) is 5.69 Å². The van der Waals surface area contributed by atoms with Crippen molar-refractivity contribution in [2.45, 2.75) is 6.42 Å². The Hall–Kier alpha value is -1.07. The maximum atomic E-state index is 11.7. The van der Waals surface area contributed by atoms with Gasteiger partial charge in [-0.15, -0.1) is 0 Å². The second-order valence-electron chi connectivity index (χ2n) is 3.06. The molecule has 1 aromatic carbocycles. The number of nitro groups is 1. The number of carbonyl (C=O) groups excluding carboxylic acids is 1. The van der Waals surface area contributed by atoms with E-state index in [0.717, 1.165) is 0 Å². The molecule has 0 aromatic heterocycles. The summed E-state index contributed by atoms with van der Waals surface area (Å²) < 4.78 is 0. The summed E-state index contributed by atoms with van der Waals surface area (Å²) in [6.07, 6.45) is 2.13. The summed E-state index contributed by atoms with van der Waals surface area (Å²) in [7, 11) is 0. The zero-order chi connectivity index (χ0) is 12.1. The van der Waals surface area contributed by atoms with E-state index in [9.17, 15) is 14.9 Å². The minimum Gasteiger partial charge on any atom is -0.294 e. The van der Waals surface area contributed by atoms with Crippen molar-refractivity contribution in [3.8, 4) is 0 Å². The van der Waals surface area contributed by atoms with Crippen LogP contribution in [0.4, 0.5) is 5.69 Å². The van der Waals surface area contributed by atoms with Crippen LogP contribution < -0.4 is 0 Å². The van der Waals surface area contributed by atoms with E-state index in [-0.39, 0.29) is 28.5 Å². The first-order chi connectivity index (χ1) is 7.57. The van der Waals surface area contributed by atoms with Crippen LogP contribution in [0.15, 0.2) is 18.2 Å². The highest BCUT2D eigenvalue weighted by Crippen LogP contribution is 2.27. The lowest BCUT2D eigenvalue weighted by Crippen LogP contribution is -2.05. The van der Waals surface area contributed by atoms with Crippen LogP contribution in [0, 0.1) is 10.1 Å². The number of carbonyl (C=O) groups is 1. The highest BCUT2D eigenvalue weighted by atomic mass is 35.5. The molecule has 4 nitrogen and oxygen atoms in total. The molecule has 0 spiro atoms. The molecule has 6 heteroatoms. The summed E-state index contributed by atoms with van der Waals surface area (Å²) in [5.41, 5.74) is -0.207. The summed E-state index contributed by atoms with van der Waals surface area (Å²) in [5.74, 6) is 0.341. The van der Waals surface area contributed by atoms with Gasteiger partial charge in [-0.3, -0.25) is 14.9 Å². The fourth-order valence-corrected chi connectivity index (χ4v) is 1.93. The number of hydrogen-bond acceptors (Lipinski definition) is 4. The van der Waals surface area contributed by atoms with E-state index in [4.69, 9.17) is 11.6 Å². The van der Waals surface area contributed by atoms with Gasteiger partial charge >= 0.3 is 0 Å². The van der Waals surface area contributed by atoms with E-state index < -0.39 is 4.92 Å². The van der Waals surface area contributed by atoms with Gasteiger partial charge in [0, 0.05) is 18.2 Å². The Kier molecular flexibility index (Phi) is 4.76. The molecule has 0 unspecified atom stereocenters. The van der Waals surface area contributed by atoms with Gasteiger partial charge in [0.2, 0.25) is 0 Å². The minimum atomic E-state index is -0.585. The molecule has 0 heterocycles. The number of halogens is 1. The Morgan fingerprint density at radius 3 is 2.81 bits per heavy atom. The average molecular weight is 260 g/mol. The zero-order valence-electron chi connectivity index (χ0n) is 8.60. The predicted molar refractivity (Wildman–Crippen MR) is 65.4 cm³/mol. The largest absolute Gasteiger partial charge is 0.294 e. The number of hydrogen-bond donors (Lipinski definition) is 0. The molecule has 0 atom stereocenters. The lowest BCUT2D eigenvalue weighted by molar-refractivity contribution is -0.385. The molecule has 0 fully saturated rings. The van der Waals surface area contributed by atoms with Gasteiger partial charge in [-0.25, -0.2) is 0 Å². The highest BCUT2D eigenvalue weighted by molar-refractivity contribution is 7.98. The van der Waals surface area contributed by atoms with E-state index in [1.165, 1.54) is 30.0 Å². The van der Waals surface area contributed by atoms with Crippen LogP contribution in [0.3, 0.4) is 0 Å². The van der Waals surface area contributed by atoms with Gasteiger partial charge in [0.15, 0.2) is 5.78 Å². The van der Waals surface area contributed by atoms with Crippen LogP contribution in [0.5, 0.6) is 0 Å². The third kappa shape index (κ3) is 2.96. The number of nitrogens with zero attached hydrogens (tertiary/aromatic N) is 1. The summed E-state index contributed by atoms with van der Waals surface area (Å²) >= 11 is 7.33. The van der Waals surface area contributed by atoms with Crippen LogP contribution in [0.25, 0.3) is 0 Å². The molecule has 1 aromatic rings. The molecule has 16 heavy (non-hydrogen) atoms. The van der Waals surface area contributed by atoms with Gasteiger partial charge in [-0.2, -0.15) is 11.8 Å². The van der Waals surface area contributed by atoms with Crippen molar-refractivity contribution in [2.24, 2.45) is 0 Å². The van der Waals surface area contributed by atoms with Gasteiger partial charge in [0.1, 0.15) is 5.56 Å². The molecule has 0 bridgehead atoms. The van der Waals surface area contributed by atoms with Crippen LogP contribution in [-0.4, -0.2) is 22.7 Å². The number of thioether (sulfide) groups is 1. The van der Waals surface area contributed by atoms with Gasteiger partial charge in [0.05, 0.1) is 9.95 Å². The standard InChI is InChI=1S/C10H10ClNO3S/c1-16-6-5-9(13)10-7(11)3-2-4-8(10)12(14)15/h2-4H,5-6H2,1H3. The average Bonchev–Trinajstić information content (AvgIpc) is 2.25. The van der Waals surface area contributed by atoms with Crippen molar-refractivity contribution in [3.05, 3.63) is 38.9 Å². The van der Waals surface area contributed by atoms with Crippen molar-refractivity contribution < 1.29 is 9.72 Å². The normalized spacial score (nSPS) is 10.1. The lowest BCUT2D eigenvalue weighted by atomic mass is 10.1. The summed E-state index contributed by atoms with van der Waals surface area (Å²) in [6, 6.07) is 4.24. The van der Waals surface area contributed by atoms with Gasteiger partial charge in [-0.05, 0) is 12.3 Å². The third-order valence-corrected chi connectivity index (χ3v) is 2.93. The van der Waals surface area contributed by atoms with E-state index in [1.54, 1.807) is 0 Å². The minimum absolute atomic E-state index is 0.0169. The van der Waals surface area contributed by atoms with Gasteiger partial charge in [-0.1, -0.05) is 17.7 Å². The van der Waals surface area contributed by atoms with E-state index in [0.29, 0.717) is 5.75 Å². The third-order valence-electron chi connectivity index (χ3n) is 2.00. The molecule has 0 N–H and O–H groups in total. The number of rotatable bonds is 5. The fourth-order valence-electron chi connectivity index (χ4n) is 1.26. The molecule has 0 aliphatic heterocycles. The van der Waals surface area contributed by atoms with Crippen LogP contribution in [0.1, 0.15) is 16.8 Å². The summed E-state index contributed by atoms with van der Waals surface area (Å²) in [6.45, 7) is 0. The van der Waals surface area contributed by atoms with Crippen molar-refractivity contribution in [2.75, 3.05) is 12.0 Å². The first-order valence-corrected chi connectivity index (χ1v) is 6.30. The molecule has 0 amide bonds. The maximum Gasteiger partial charge on any atom is 0.281 e. The van der Waals surface area contributed by atoms with E-state index >= 15 is 0 Å². The van der Waals surface area contributed by atoms with Gasteiger partial charge < -0.3 is 0 Å². The quantitative estimate of drug-likeness (QED) is 0.463.